The molecule has 1 rings (SSSR count). The van der Waals surface area contributed by atoms with Crippen molar-refractivity contribution in [2.75, 3.05) is 13.1 Å². The number of nitrogens with zero attached hydrogens (tertiary/aromatic N) is 1. The van der Waals surface area contributed by atoms with Crippen molar-refractivity contribution in [1.82, 2.24) is 4.90 Å². The molecule has 0 saturated carbocycles. The third kappa shape index (κ3) is 7.43. The Morgan fingerprint density at radius 1 is 1.16 bits per heavy atom. The van der Waals surface area contributed by atoms with E-state index in [-0.39, 0.29) is 18.2 Å². The van der Waals surface area contributed by atoms with Crippen molar-refractivity contribution in [3.63, 3.8) is 0 Å². The van der Waals surface area contributed by atoms with E-state index >= 15 is 0 Å². The summed E-state index contributed by atoms with van der Waals surface area (Å²) in [6.45, 7) is 10.1. The first kappa shape index (κ1) is 17.4. The van der Waals surface area contributed by atoms with Crippen LogP contribution in [0.25, 0.3) is 0 Å². The zero-order valence-corrected chi connectivity index (χ0v) is 12.1. The number of amides is 1. The minimum Gasteiger partial charge on any atom is -0.462 e. The Balaban J connectivity index is 0.00000154. The highest BCUT2D eigenvalue weighted by molar-refractivity contribution is 5.68. The van der Waals surface area contributed by atoms with E-state index in [0.29, 0.717) is 25.9 Å². The second-order valence-electron chi connectivity index (χ2n) is 5.28. The molecule has 0 aromatic rings. The molecule has 0 aliphatic carbocycles. The van der Waals surface area contributed by atoms with Gasteiger partial charge < -0.3 is 19.2 Å². The van der Waals surface area contributed by atoms with Gasteiger partial charge in [0.25, 0.3) is 0 Å². The summed E-state index contributed by atoms with van der Waals surface area (Å²) in [6.07, 6.45) is 1.00. The summed E-state index contributed by atoms with van der Waals surface area (Å²) in [7, 11) is 0. The highest BCUT2D eigenvalue weighted by Gasteiger charge is 2.27. The van der Waals surface area contributed by atoms with Crippen LogP contribution < -0.4 is 0 Å². The summed E-state index contributed by atoms with van der Waals surface area (Å²) in [5, 5.41) is 0. The molecule has 0 spiro atoms. The van der Waals surface area contributed by atoms with Crippen LogP contribution in [0.1, 0.15) is 40.5 Å². The van der Waals surface area contributed by atoms with Gasteiger partial charge in [-0.25, -0.2) is 4.79 Å². The minimum atomic E-state index is -0.468. The zero-order valence-electron chi connectivity index (χ0n) is 12.1. The molecule has 1 heterocycles. The number of ether oxygens (including phenoxy) is 2. The molecular formula is C13H23NO5. The van der Waals surface area contributed by atoms with Gasteiger partial charge in [-0.05, 0) is 20.8 Å². The lowest BCUT2D eigenvalue weighted by molar-refractivity contribution is -0.148. The van der Waals surface area contributed by atoms with Gasteiger partial charge in [-0.1, -0.05) is 0 Å². The van der Waals surface area contributed by atoms with Crippen LogP contribution in [0, 0.1) is 0 Å². The Morgan fingerprint density at radius 2 is 1.63 bits per heavy atom. The van der Waals surface area contributed by atoms with E-state index in [1.807, 2.05) is 27.6 Å². The van der Waals surface area contributed by atoms with Crippen LogP contribution in [0.15, 0.2) is 0 Å². The van der Waals surface area contributed by atoms with Crippen LogP contribution in [0.4, 0.5) is 4.79 Å². The standard InChI is InChI=1S/C12H21NO4.CH2O/c1-9(14)16-10-5-7-13(8-6-10)11(15)17-12(2,3)4;1-2/h10H,5-8H2,1-4H3;1H2. The highest BCUT2D eigenvalue weighted by atomic mass is 16.6. The quantitative estimate of drug-likeness (QED) is 0.681. The van der Waals surface area contributed by atoms with Crippen LogP contribution in [0.2, 0.25) is 0 Å². The summed E-state index contributed by atoms with van der Waals surface area (Å²) in [4.78, 5) is 32.2. The number of piperidine rings is 1. The fraction of sp³-hybridized carbons (Fsp3) is 0.769. The molecule has 110 valence electrons. The zero-order chi connectivity index (χ0) is 15.1. The maximum absolute atomic E-state index is 11.7. The van der Waals surface area contributed by atoms with E-state index in [1.165, 1.54) is 6.92 Å². The number of likely N-dealkylation sites (tertiary alicyclic amines) is 1. The predicted octanol–water partition coefficient (Wildman–Crippen LogP) is 1.76. The smallest absolute Gasteiger partial charge is 0.410 e. The van der Waals surface area contributed by atoms with Gasteiger partial charge in [0.1, 0.15) is 18.5 Å². The Bertz CT molecular complexity index is 303. The van der Waals surface area contributed by atoms with E-state index < -0.39 is 5.60 Å². The minimum absolute atomic E-state index is 0.0637. The molecule has 0 N–H and O–H groups in total. The average Bonchev–Trinajstić information content (AvgIpc) is 2.29. The van der Waals surface area contributed by atoms with Crippen molar-refractivity contribution in [2.45, 2.75) is 52.2 Å². The number of hydrogen-bond acceptors (Lipinski definition) is 5. The maximum atomic E-state index is 11.7. The van der Waals surface area contributed by atoms with E-state index in [1.54, 1.807) is 4.90 Å². The van der Waals surface area contributed by atoms with Gasteiger partial charge in [-0.15, -0.1) is 0 Å². The summed E-state index contributed by atoms with van der Waals surface area (Å²) in [5.74, 6) is -0.263. The lowest BCUT2D eigenvalue weighted by Gasteiger charge is -2.32. The van der Waals surface area contributed by atoms with Crippen LogP contribution in [0.3, 0.4) is 0 Å². The van der Waals surface area contributed by atoms with Gasteiger partial charge >= 0.3 is 12.1 Å². The maximum Gasteiger partial charge on any atom is 0.410 e. The molecule has 0 atom stereocenters. The van der Waals surface area contributed by atoms with E-state index in [4.69, 9.17) is 14.3 Å². The van der Waals surface area contributed by atoms with Crippen molar-refractivity contribution in [2.24, 2.45) is 0 Å². The molecule has 1 fully saturated rings. The Hall–Kier alpha value is -1.59. The molecular weight excluding hydrogens is 250 g/mol. The first-order valence-electron chi connectivity index (χ1n) is 6.22. The van der Waals surface area contributed by atoms with E-state index in [0.717, 1.165) is 0 Å². The molecule has 1 saturated heterocycles. The number of rotatable bonds is 1. The second kappa shape index (κ2) is 7.76. The molecule has 0 bridgehead atoms. The first-order chi connectivity index (χ1) is 8.78. The van der Waals surface area contributed by atoms with Gasteiger partial charge in [0.2, 0.25) is 0 Å². The molecule has 6 heteroatoms. The fourth-order valence-corrected chi connectivity index (χ4v) is 1.72. The number of carbonyl (C=O) groups is 3. The first-order valence-corrected chi connectivity index (χ1v) is 6.22. The van der Waals surface area contributed by atoms with Crippen LogP contribution in [0.5, 0.6) is 0 Å². The average molecular weight is 273 g/mol. The molecule has 0 radical (unpaired) electrons. The highest BCUT2D eigenvalue weighted by Crippen LogP contribution is 2.17. The van der Waals surface area contributed by atoms with Crippen molar-refractivity contribution < 1.29 is 23.9 Å². The summed E-state index contributed by atoms with van der Waals surface area (Å²) in [6, 6.07) is 0. The fourth-order valence-electron chi connectivity index (χ4n) is 1.72. The number of esters is 1. The van der Waals surface area contributed by atoms with E-state index in [2.05, 4.69) is 0 Å². The molecule has 0 unspecified atom stereocenters. The molecule has 0 aromatic carbocycles. The Morgan fingerprint density at radius 3 is 2.00 bits per heavy atom. The van der Waals surface area contributed by atoms with Crippen LogP contribution in [-0.4, -0.2) is 48.5 Å². The molecule has 1 amide bonds. The summed E-state index contributed by atoms with van der Waals surface area (Å²) in [5.41, 5.74) is -0.468. The monoisotopic (exact) mass is 273 g/mol. The van der Waals surface area contributed by atoms with Gasteiger partial charge in [-0.3, -0.25) is 4.79 Å². The topological polar surface area (TPSA) is 72.9 Å². The summed E-state index contributed by atoms with van der Waals surface area (Å²) >= 11 is 0. The van der Waals surface area contributed by atoms with Crippen molar-refractivity contribution >= 4 is 18.9 Å². The third-order valence-corrected chi connectivity index (χ3v) is 2.43. The Labute approximate surface area is 114 Å². The molecule has 1 aliphatic rings. The second-order valence-corrected chi connectivity index (χ2v) is 5.28. The molecule has 19 heavy (non-hydrogen) atoms. The van der Waals surface area contributed by atoms with Gasteiger partial charge in [0.05, 0.1) is 0 Å². The normalized spacial score (nSPS) is 16.1. The lowest BCUT2D eigenvalue weighted by Crippen LogP contribution is -2.43. The largest absolute Gasteiger partial charge is 0.462 e. The lowest BCUT2D eigenvalue weighted by atomic mass is 10.1. The van der Waals surface area contributed by atoms with Gasteiger partial charge in [0.15, 0.2) is 0 Å². The van der Waals surface area contributed by atoms with Crippen LogP contribution in [-0.2, 0) is 19.1 Å². The van der Waals surface area contributed by atoms with E-state index in [9.17, 15) is 9.59 Å². The number of hydrogen-bond donors (Lipinski definition) is 0. The third-order valence-electron chi connectivity index (χ3n) is 2.43. The van der Waals surface area contributed by atoms with Crippen molar-refractivity contribution in [1.29, 1.82) is 0 Å². The molecule has 0 aromatic heterocycles. The molecule has 1 aliphatic heterocycles. The van der Waals surface area contributed by atoms with Crippen molar-refractivity contribution in [3.8, 4) is 0 Å². The predicted molar refractivity (Wildman–Crippen MR) is 69.7 cm³/mol. The molecule has 6 nitrogen and oxygen atoms in total. The van der Waals surface area contributed by atoms with Crippen molar-refractivity contribution in [3.05, 3.63) is 0 Å². The SMILES string of the molecule is C=O.CC(=O)OC1CCN(C(=O)OC(C)(C)C)CC1. The van der Waals surface area contributed by atoms with Gasteiger partial charge in [0, 0.05) is 32.9 Å². The number of carbonyl (C=O) groups excluding carboxylic acids is 3. The summed E-state index contributed by atoms with van der Waals surface area (Å²) < 4.78 is 10.4. The Kier molecular flexibility index (Phi) is 7.11. The van der Waals surface area contributed by atoms with Gasteiger partial charge in [-0.2, -0.15) is 0 Å². The van der Waals surface area contributed by atoms with Crippen LogP contribution >= 0.6 is 0 Å².